The van der Waals surface area contributed by atoms with Gasteiger partial charge in [0.1, 0.15) is 23.9 Å². The molecule has 0 aromatic carbocycles. The molecular formula is C18H21N5O6. The number of ether oxygens (including phenoxy) is 2. The smallest absolute Gasteiger partial charge is 0.432 e. The summed E-state index contributed by atoms with van der Waals surface area (Å²) >= 11 is 0. The van der Waals surface area contributed by atoms with Crippen LogP contribution in [-0.2, 0) is 9.47 Å². The van der Waals surface area contributed by atoms with Crippen LogP contribution < -0.4 is 5.32 Å². The molecule has 154 valence electrons. The van der Waals surface area contributed by atoms with Gasteiger partial charge in [-0.2, -0.15) is 9.78 Å². The molecule has 11 nitrogen and oxygen atoms in total. The van der Waals surface area contributed by atoms with Crippen LogP contribution in [0.15, 0.2) is 24.8 Å². The number of ketones is 1. The molecule has 4 atom stereocenters. The van der Waals surface area contributed by atoms with E-state index in [0.717, 1.165) is 0 Å². The lowest BCUT2D eigenvalue weighted by Crippen LogP contribution is -2.35. The zero-order valence-corrected chi connectivity index (χ0v) is 15.8. The van der Waals surface area contributed by atoms with Crippen LogP contribution in [0.2, 0.25) is 0 Å². The summed E-state index contributed by atoms with van der Waals surface area (Å²) in [4.78, 5) is 31.9. The third-order valence-corrected chi connectivity index (χ3v) is 5.11. The fraction of sp³-hybridized carbons (Fsp3) is 0.500. The van der Waals surface area contributed by atoms with Crippen LogP contribution in [0, 0.1) is 5.92 Å². The lowest BCUT2D eigenvalue weighted by atomic mass is 10.1. The molecule has 0 radical (unpaired) electrons. The number of hydrogen-bond acceptors (Lipinski definition) is 9. The minimum Gasteiger partial charge on any atom is -0.463 e. The van der Waals surface area contributed by atoms with Gasteiger partial charge in [-0.25, -0.2) is 14.8 Å². The first-order valence-corrected chi connectivity index (χ1v) is 9.16. The minimum absolute atomic E-state index is 0.0376. The molecule has 3 heterocycles. The van der Waals surface area contributed by atoms with Gasteiger partial charge < -0.3 is 25.0 Å². The molecule has 4 rings (SSSR count). The summed E-state index contributed by atoms with van der Waals surface area (Å²) in [5.41, 5.74) is 0.120. The highest BCUT2D eigenvalue weighted by Crippen LogP contribution is 2.42. The summed E-state index contributed by atoms with van der Waals surface area (Å²) in [7, 11) is 0. The number of aromatic nitrogens is 4. The van der Waals surface area contributed by atoms with Crippen LogP contribution in [0.3, 0.4) is 0 Å². The monoisotopic (exact) mass is 403 g/mol. The van der Waals surface area contributed by atoms with Crippen molar-refractivity contribution in [2.45, 2.75) is 44.3 Å². The van der Waals surface area contributed by atoms with Crippen LogP contribution in [0.25, 0.3) is 0 Å². The van der Waals surface area contributed by atoms with Crippen molar-refractivity contribution in [3.05, 3.63) is 36.0 Å². The number of carbonyl (C=O) groups is 2. The Bertz CT molecular complexity index is 944. The Morgan fingerprint density at radius 1 is 1.34 bits per heavy atom. The average Bonchev–Trinajstić information content (AvgIpc) is 3.36. The van der Waals surface area contributed by atoms with Gasteiger partial charge >= 0.3 is 6.09 Å². The molecule has 1 aliphatic carbocycles. The molecule has 11 heteroatoms. The van der Waals surface area contributed by atoms with E-state index in [-0.39, 0.29) is 47.8 Å². The number of nitrogens with zero attached hydrogens (tertiary/aromatic N) is 4. The second kappa shape index (κ2) is 7.17. The second-order valence-electron chi connectivity index (χ2n) is 7.54. The van der Waals surface area contributed by atoms with E-state index in [4.69, 9.17) is 14.6 Å². The zero-order valence-electron chi connectivity index (χ0n) is 15.8. The maximum atomic E-state index is 12.8. The molecular weight excluding hydrogens is 382 g/mol. The number of aliphatic hydroxyl groups is 1. The van der Waals surface area contributed by atoms with Crippen molar-refractivity contribution in [3.63, 3.8) is 0 Å². The number of carbonyl (C=O) groups excluding carboxylic acids is 1. The number of fused-ring (bicyclic) bond motifs is 1. The minimum atomic E-state index is -1.29. The molecule has 0 spiro atoms. The molecule has 0 bridgehead atoms. The third kappa shape index (κ3) is 3.59. The van der Waals surface area contributed by atoms with Crippen molar-refractivity contribution < 1.29 is 29.3 Å². The first kappa shape index (κ1) is 19.4. The van der Waals surface area contributed by atoms with E-state index in [1.807, 2.05) is 13.8 Å². The maximum Gasteiger partial charge on any atom is 0.432 e. The fourth-order valence-corrected chi connectivity index (χ4v) is 3.88. The molecule has 1 saturated heterocycles. The Balaban J connectivity index is 1.59. The zero-order chi connectivity index (χ0) is 20.8. The predicted molar refractivity (Wildman–Crippen MR) is 97.5 cm³/mol. The van der Waals surface area contributed by atoms with Crippen LogP contribution >= 0.6 is 0 Å². The Hall–Kier alpha value is -2.89. The van der Waals surface area contributed by atoms with E-state index >= 15 is 0 Å². The van der Waals surface area contributed by atoms with Gasteiger partial charge in [0.2, 0.25) is 5.78 Å². The quantitative estimate of drug-likeness (QED) is 0.610. The van der Waals surface area contributed by atoms with Gasteiger partial charge in [0.15, 0.2) is 5.79 Å². The maximum absolute atomic E-state index is 12.8. The molecule has 1 aliphatic heterocycles. The Labute approximate surface area is 165 Å². The molecule has 29 heavy (non-hydrogen) atoms. The van der Waals surface area contributed by atoms with Gasteiger partial charge in [0.25, 0.3) is 0 Å². The number of hydrogen-bond donors (Lipinski definition) is 3. The summed E-state index contributed by atoms with van der Waals surface area (Å²) in [6.45, 7) is 3.59. The van der Waals surface area contributed by atoms with Gasteiger partial charge in [-0.1, -0.05) is 0 Å². The van der Waals surface area contributed by atoms with Crippen LogP contribution in [0.1, 0.15) is 36.3 Å². The van der Waals surface area contributed by atoms with Crippen molar-refractivity contribution >= 4 is 17.7 Å². The van der Waals surface area contributed by atoms with Gasteiger partial charge in [0, 0.05) is 24.9 Å². The molecule has 2 aromatic rings. The Morgan fingerprint density at radius 3 is 2.79 bits per heavy atom. The van der Waals surface area contributed by atoms with Crippen molar-refractivity contribution in [3.8, 4) is 0 Å². The molecule has 1 saturated carbocycles. The Kier molecular flexibility index (Phi) is 4.81. The predicted octanol–water partition coefficient (Wildman–Crippen LogP) is 0.743. The van der Waals surface area contributed by atoms with Gasteiger partial charge in [0.05, 0.1) is 17.7 Å². The summed E-state index contributed by atoms with van der Waals surface area (Å²) in [5.74, 6) is -1.10. The van der Waals surface area contributed by atoms with Crippen LogP contribution in [-0.4, -0.2) is 72.5 Å². The summed E-state index contributed by atoms with van der Waals surface area (Å²) < 4.78 is 12.6. The van der Waals surface area contributed by atoms with E-state index < -0.39 is 17.7 Å². The van der Waals surface area contributed by atoms with E-state index in [0.29, 0.717) is 11.1 Å². The van der Waals surface area contributed by atoms with Crippen molar-refractivity contribution in [2.24, 2.45) is 5.92 Å². The normalized spacial score (nSPS) is 27.6. The second-order valence-corrected chi connectivity index (χ2v) is 7.54. The first-order chi connectivity index (χ1) is 13.8. The highest BCUT2D eigenvalue weighted by atomic mass is 16.8. The lowest BCUT2D eigenvalue weighted by molar-refractivity contribution is -0.158. The van der Waals surface area contributed by atoms with Gasteiger partial charge in [-0.3, -0.25) is 4.79 Å². The molecule has 3 N–H and O–H groups in total. The van der Waals surface area contributed by atoms with E-state index in [9.17, 15) is 14.7 Å². The topological polar surface area (TPSA) is 149 Å². The van der Waals surface area contributed by atoms with E-state index in [2.05, 4.69) is 20.4 Å². The average molecular weight is 403 g/mol. The lowest BCUT2D eigenvalue weighted by Gasteiger charge is -2.24. The standard InChI is InChI=1S/C18H21N5O6/c1-18(2)28-14-9(7-24)5-12(15(14)29-18)21-16-10(6-19-8-20-16)13(25)11-3-4-23(22-11)17(26)27/h3-4,6,8-9,12,14-15,24H,5,7H2,1-2H3,(H,26,27)(H,19,20,21)/t9-,12-,14-,15+/m1/s1. The van der Waals surface area contributed by atoms with Gasteiger partial charge in [-0.15, -0.1) is 0 Å². The Morgan fingerprint density at radius 2 is 2.10 bits per heavy atom. The molecule has 0 amide bonds. The first-order valence-electron chi connectivity index (χ1n) is 9.16. The van der Waals surface area contributed by atoms with E-state index in [1.54, 1.807) is 0 Å². The highest BCUT2D eigenvalue weighted by Gasteiger charge is 2.53. The van der Waals surface area contributed by atoms with Crippen molar-refractivity contribution in [1.29, 1.82) is 0 Å². The number of carboxylic acid groups (broad SMARTS) is 1. The number of rotatable bonds is 5. The third-order valence-electron chi connectivity index (χ3n) is 5.11. The molecule has 2 aromatic heterocycles. The SMILES string of the molecule is CC1(C)O[C@@H]2[C@@H](CO)C[C@@H](Nc3ncncc3C(=O)c3ccn(C(=O)O)n3)[C@@H]2O1. The van der Waals surface area contributed by atoms with Crippen LogP contribution in [0.4, 0.5) is 10.6 Å². The van der Waals surface area contributed by atoms with Crippen molar-refractivity contribution in [2.75, 3.05) is 11.9 Å². The van der Waals surface area contributed by atoms with Gasteiger partial charge in [-0.05, 0) is 26.3 Å². The molecule has 0 unspecified atom stereocenters. The summed E-state index contributed by atoms with van der Waals surface area (Å²) in [6, 6.07) is 1.08. The van der Waals surface area contributed by atoms with Crippen LogP contribution in [0.5, 0.6) is 0 Å². The summed E-state index contributed by atoms with van der Waals surface area (Å²) in [5, 5.41) is 25.7. The largest absolute Gasteiger partial charge is 0.463 e. The molecule has 2 aliphatic rings. The number of nitrogens with one attached hydrogen (secondary N) is 1. The fourth-order valence-electron chi connectivity index (χ4n) is 3.88. The molecule has 2 fully saturated rings. The highest BCUT2D eigenvalue weighted by molar-refractivity contribution is 6.10. The summed E-state index contributed by atoms with van der Waals surface area (Å²) in [6.07, 6.45) is 2.55. The van der Waals surface area contributed by atoms with Crippen molar-refractivity contribution in [1.82, 2.24) is 19.7 Å². The number of anilines is 1. The van der Waals surface area contributed by atoms with E-state index in [1.165, 1.54) is 24.8 Å². The number of aliphatic hydroxyl groups excluding tert-OH is 1.